The monoisotopic (exact) mass is 369 g/mol. The molecule has 1 aromatic heterocycles. The first-order valence-corrected chi connectivity index (χ1v) is 8.68. The molecule has 0 saturated carbocycles. The van der Waals surface area contributed by atoms with Crippen molar-refractivity contribution in [1.29, 1.82) is 0 Å². The van der Waals surface area contributed by atoms with Crippen molar-refractivity contribution in [2.75, 3.05) is 24.2 Å². The molecule has 1 aromatic carbocycles. The second-order valence-electron chi connectivity index (χ2n) is 6.47. The van der Waals surface area contributed by atoms with E-state index in [2.05, 4.69) is 31.2 Å². The van der Waals surface area contributed by atoms with Crippen molar-refractivity contribution >= 4 is 29.3 Å². The summed E-state index contributed by atoms with van der Waals surface area (Å²) >= 11 is 0. The van der Waals surface area contributed by atoms with Gasteiger partial charge in [-0.05, 0) is 31.0 Å². The molecule has 0 radical (unpaired) electrons. The van der Waals surface area contributed by atoms with Crippen LogP contribution >= 0.6 is 0 Å². The van der Waals surface area contributed by atoms with Crippen LogP contribution in [-0.4, -0.2) is 47.5 Å². The highest BCUT2D eigenvalue weighted by Gasteiger charge is 2.29. The third-order valence-electron chi connectivity index (χ3n) is 4.36. The maximum absolute atomic E-state index is 11.7. The van der Waals surface area contributed by atoms with Crippen LogP contribution in [-0.2, 0) is 4.79 Å². The van der Waals surface area contributed by atoms with Gasteiger partial charge in [-0.25, -0.2) is 4.98 Å². The van der Waals surface area contributed by atoms with Gasteiger partial charge in [0.2, 0.25) is 11.9 Å². The van der Waals surface area contributed by atoms with Crippen LogP contribution in [0.25, 0.3) is 0 Å². The zero-order valence-corrected chi connectivity index (χ0v) is 15.2. The number of hydrogen-bond acceptors (Lipinski definition) is 7. The smallest absolute Gasteiger partial charge is 0.254 e. The van der Waals surface area contributed by atoms with E-state index >= 15 is 0 Å². The number of carbonyl (C=O) groups is 2. The quantitative estimate of drug-likeness (QED) is 0.501. The fourth-order valence-electron chi connectivity index (χ4n) is 2.99. The lowest BCUT2D eigenvalue weighted by Gasteiger charge is -2.15. The highest BCUT2D eigenvalue weighted by Crippen LogP contribution is 2.21. The maximum Gasteiger partial charge on any atom is 0.254 e. The van der Waals surface area contributed by atoms with E-state index in [0.717, 1.165) is 11.3 Å². The Morgan fingerprint density at radius 3 is 2.85 bits per heavy atom. The summed E-state index contributed by atoms with van der Waals surface area (Å²) in [7, 11) is 1.61. The lowest BCUT2D eigenvalue weighted by atomic mass is 10.1. The summed E-state index contributed by atoms with van der Waals surface area (Å²) in [5.41, 5.74) is 7.52. The van der Waals surface area contributed by atoms with Crippen molar-refractivity contribution in [3.8, 4) is 0 Å². The van der Waals surface area contributed by atoms with Crippen molar-refractivity contribution in [2.24, 2.45) is 5.73 Å². The Hall–Kier alpha value is -3.20. The first-order valence-electron chi connectivity index (χ1n) is 8.68. The molecule has 2 unspecified atom stereocenters. The molecule has 142 valence electrons. The molecule has 2 atom stereocenters. The zero-order valence-electron chi connectivity index (χ0n) is 15.2. The number of likely N-dealkylation sites (N-methyl/N-ethyl adjacent to an activating group) is 1. The molecule has 2 amide bonds. The first-order chi connectivity index (χ1) is 13.0. The van der Waals surface area contributed by atoms with E-state index in [4.69, 9.17) is 5.73 Å². The van der Waals surface area contributed by atoms with Crippen LogP contribution in [0.15, 0.2) is 30.5 Å². The van der Waals surface area contributed by atoms with Crippen LogP contribution in [0.2, 0.25) is 0 Å². The molecule has 1 aliphatic rings. The summed E-state index contributed by atoms with van der Waals surface area (Å²) in [5, 5.41) is 12.1. The Labute approximate surface area is 157 Å². The van der Waals surface area contributed by atoms with Crippen LogP contribution in [0.1, 0.15) is 22.3 Å². The molecule has 1 fully saturated rings. The molecular formula is C18H23N7O2. The van der Waals surface area contributed by atoms with Crippen molar-refractivity contribution in [1.82, 2.24) is 20.6 Å². The van der Waals surface area contributed by atoms with Crippen LogP contribution in [0, 0.1) is 6.92 Å². The van der Waals surface area contributed by atoms with Gasteiger partial charge in [-0.3, -0.25) is 9.59 Å². The van der Waals surface area contributed by atoms with Gasteiger partial charge in [0.25, 0.3) is 5.91 Å². The molecule has 3 rings (SSSR count). The Morgan fingerprint density at radius 2 is 2.15 bits per heavy atom. The Morgan fingerprint density at radius 1 is 1.33 bits per heavy atom. The minimum absolute atomic E-state index is 0.00134. The predicted octanol–water partition coefficient (Wildman–Crippen LogP) is 0.516. The number of carbonyl (C=O) groups excluding carboxylic acids is 2. The van der Waals surface area contributed by atoms with Crippen LogP contribution in [0.3, 0.4) is 0 Å². The average molecular weight is 369 g/mol. The van der Waals surface area contributed by atoms with E-state index in [9.17, 15) is 9.59 Å². The van der Waals surface area contributed by atoms with Gasteiger partial charge in [0.15, 0.2) is 0 Å². The Kier molecular flexibility index (Phi) is 5.51. The number of nitrogens with two attached hydrogens (primary N) is 1. The Balaban J connectivity index is 1.77. The van der Waals surface area contributed by atoms with Gasteiger partial charge < -0.3 is 27.0 Å². The van der Waals surface area contributed by atoms with Crippen molar-refractivity contribution in [2.45, 2.75) is 25.4 Å². The van der Waals surface area contributed by atoms with E-state index in [0.29, 0.717) is 24.7 Å². The number of benzene rings is 1. The number of hydrogen-bond donors (Lipinski definition) is 5. The molecule has 9 heteroatoms. The number of amides is 2. The summed E-state index contributed by atoms with van der Waals surface area (Å²) < 4.78 is 0. The molecule has 0 aliphatic carbocycles. The lowest BCUT2D eigenvalue weighted by Crippen LogP contribution is -2.38. The summed E-state index contributed by atoms with van der Waals surface area (Å²) in [4.78, 5) is 32.0. The van der Waals surface area contributed by atoms with Gasteiger partial charge in [0.1, 0.15) is 11.4 Å². The van der Waals surface area contributed by atoms with Crippen molar-refractivity contribution < 1.29 is 9.59 Å². The molecule has 2 aromatic rings. The van der Waals surface area contributed by atoms with Crippen LogP contribution in [0.5, 0.6) is 0 Å². The molecule has 27 heavy (non-hydrogen) atoms. The van der Waals surface area contributed by atoms with E-state index < -0.39 is 5.91 Å². The molecule has 0 spiro atoms. The predicted molar refractivity (Wildman–Crippen MR) is 103 cm³/mol. The van der Waals surface area contributed by atoms with Gasteiger partial charge in [0, 0.05) is 31.5 Å². The standard InChI is InChI=1S/C18H23N7O2/c1-10-4-3-5-11(6-10)23-16-13(15(19)26)9-22-18(25-16)24-12-7-14(21-8-12)17(27)20-2/h3-6,9,12,14,21H,7-8H2,1-2H3,(H2,19,26)(H,20,27)(H2,22,23,24,25). The second kappa shape index (κ2) is 8.00. The van der Waals surface area contributed by atoms with Gasteiger partial charge in [-0.15, -0.1) is 0 Å². The van der Waals surface area contributed by atoms with Gasteiger partial charge in [-0.2, -0.15) is 4.98 Å². The fraction of sp³-hybridized carbons (Fsp3) is 0.333. The van der Waals surface area contributed by atoms with Gasteiger partial charge >= 0.3 is 0 Å². The molecule has 9 nitrogen and oxygen atoms in total. The summed E-state index contributed by atoms with van der Waals surface area (Å²) in [6.45, 7) is 2.59. The number of primary amides is 1. The number of nitrogens with zero attached hydrogens (tertiary/aromatic N) is 2. The van der Waals surface area contributed by atoms with Crippen molar-refractivity contribution in [3.05, 3.63) is 41.6 Å². The minimum atomic E-state index is -0.612. The molecule has 1 saturated heterocycles. The van der Waals surface area contributed by atoms with Crippen molar-refractivity contribution in [3.63, 3.8) is 0 Å². The lowest BCUT2D eigenvalue weighted by molar-refractivity contribution is -0.122. The maximum atomic E-state index is 11.7. The second-order valence-corrected chi connectivity index (χ2v) is 6.47. The minimum Gasteiger partial charge on any atom is -0.365 e. The van der Waals surface area contributed by atoms with E-state index in [1.54, 1.807) is 7.05 Å². The molecule has 1 aliphatic heterocycles. The highest BCUT2D eigenvalue weighted by atomic mass is 16.2. The third kappa shape index (κ3) is 4.50. The topological polar surface area (TPSA) is 134 Å². The SMILES string of the molecule is CNC(=O)C1CC(Nc2ncc(C(N)=O)c(Nc3cccc(C)c3)n2)CN1. The van der Waals surface area contributed by atoms with Gasteiger partial charge in [-0.1, -0.05) is 12.1 Å². The zero-order chi connectivity index (χ0) is 19.4. The molecule has 2 heterocycles. The fourth-order valence-corrected chi connectivity index (χ4v) is 2.99. The number of anilines is 3. The highest BCUT2D eigenvalue weighted by molar-refractivity contribution is 5.98. The third-order valence-corrected chi connectivity index (χ3v) is 4.36. The van der Waals surface area contributed by atoms with Gasteiger partial charge in [0.05, 0.1) is 6.04 Å². The van der Waals surface area contributed by atoms with E-state index in [1.807, 2.05) is 31.2 Å². The van der Waals surface area contributed by atoms with Crippen LogP contribution in [0.4, 0.5) is 17.5 Å². The number of nitrogens with one attached hydrogen (secondary N) is 4. The largest absolute Gasteiger partial charge is 0.365 e. The molecule has 6 N–H and O–H groups in total. The molecule has 0 bridgehead atoms. The Bertz CT molecular complexity index is 855. The number of aromatic nitrogens is 2. The normalized spacial score (nSPS) is 18.7. The number of aryl methyl sites for hydroxylation is 1. The summed E-state index contributed by atoms with van der Waals surface area (Å²) in [5.74, 6) is 0.0314. The van der Waals surface area contributed by atoms with Crippen LogP contribution < -0.4 is 27.0 Å². The first kappa shape index (κ1) is 18.6. The average Bonchev–Trinajstić information content (AvgIpc) is 3.09. The summed E-state index contributed by atoms with van der Waals surface area (Å²) in [6, 6.07) is 7.45. The number of rotatable bonds is 6. The van der Waals surface area contributed by atoms with E-state index in [-0.39, 0.29) is 23.6 Å². The van der Waals surface area contributed by atoms with E-state index in [1.165, 1.54) is 6.20 Å². The molecular weight excluding hydrogens is 346 g/mol. The summed E-state index contributed by atoms with van der Waals surface area (Å²) in [6.07, 6.45) is 2.01.